The molecule has 0 saturated heterocycles. The van der Waals surface area contributed by atoms with Gasteiger partial charge in [0.15, 0.2) is 0 Å². The van der Waals surface area contributed by atoms with E-state index in [9.17, 15) is 4.79 Å². The fraction of sp³-hybridized carbons (Fsp3) is 0.222. The average molecular weight is 309 g/mol. The van der Waals surface area contributed by atoms with Crippen molar-refractivity contribution in [2.45, 2.75) is 0 Å². The average Bonchev–Trinajstić information content (AvgIpc) is 2.55. The lowest BCUT2D eigenvalue weighted by Gasteiger charge is -2.13. The van der Waals surface area contributed by atoms with Gasteiger partial charge < -0.3 is 14.6 Å². The SMILES string of the molecule is CN(C)CCOc1ccccc1-c1nc2ccccc2c(=O)[nH]1. The molecule has 0 saturated carbocycles. The molecule has 0 atom stereocenters. The van der Waals surface area contributed by atoms with Crippen molar-refractivity contribution >= 4 is 10.9 Å². The largest absolute Gasteiger partial charge is 0.491 e. The Morgan fingerprint density at radius 3 is 2.65 bits per heavy atom. The summed E-state index contributed by atoms with van der Waals surface area (Å²) >= 11 is 0. The molecule has 0 spiro atoms. The molecule has 0 aliphatic rings. The third kappa shape index (κ3) is 3.40. The zero-order valence-electron chi connectivity index (χ0n) is 13.2. The van der Waals surface area contributed by atoms with Gasteiger partial charge in [-0.1, -0.05) is 24.3 Å². The minimum absolute atomic E-state index is 0.145. The molecule has 0 aliphatic carbocycles. The molecule has 1 heterocycles. The third-order valence-electron chi connectivity index (χ3n) is 3.55. The summed E-state index contributed by atoms with van der Waals surface area (Å²) in [6.07, 6.45) is 0. The highest BCUT2D eigenvalue weighted by Gasteiger charge is 2.10. The number of nitrogens with zero attached hydrogens (tertiary/aromatic N) is 2. The highest BCUT2D eigenvalue weighted by atomic mass is 16.5. The van der Waals surface area contributed by atoms with Gasteiger partial charge in [0.05, 0.1) is 16.5 Å². The fourth-order valence-corrected chi connectivity index (χ4v) is 2.34. The molecule has 0 bridgehead atoms. The van der Waals surface area contributed by atoms with Crippen LogP contribution < -0.4 is 10.3 Å². The van der Waals surface area contributed by atoms with E-state index in [0.717, 1.165) is 12.1 Å². The van der Waals surface area contributed by atoms with Crippen LogP contribution in [0, 0.1) is 0 Å². The van der Waals surface area contributed by atoms with Gasteiger partial charge in [-0.05, 0) is 38.4 Å². The van der Waals surface area contributed by atoms with Crippen LogP contribution in [0.1, 0.15) is 0 Å². The first-order valence-corrected chi connectivity index (χ1v) is 7.51. The Morgan fingerprint density at radius 1 is 1.09 bits per heavy atom. The van der Waals surface area contributed by atoms with Crippen LogP contribution in [-0.4, -0.2) is 42.1 Å². The Bertz CT molecular complexity index is 871. The minimum Gasteiger partial charge on any atom is -0.491 e. The van der Waals surface area contributed by atoms with E-state index in [-0.39, 0.29) is 5.56 Å². The van der Waals surface area contributed by atoms with E-state index in [1.54, 1.807) is 6.07 Å². The van der Waals surface area contributed by atoms with Gasteiger partial charge >= 0.3 is 0 Å². The van der Waals surface area contributed by atoms with Crippen LogP contribution in [0.3, 0.4) is 0 Å². The third-order valence-corrected chi connectivity index (χ3v) is 3.55. The van der Waals surface area contributed by atoms with Gasteiger partial charge in [0, 0.05) is 6.54 Å². The molecule has 3 rings (SSSR count). The lowest BCUT2D eigenvalue weighted by atomic mass is 10.1. The molecule has 2 aromatic carbocycles. The molecule has 0 amide bonds. The molecule has 118 valence electrons. The minimum atomic E-state index is -0.145. The molecule has 0 radical (unpaired) electrons. The smallest absolute Gasteiger partial charge is 0.259 e. The van der Waals surface area contributed by atoms with Gasteiger partial charge in [-0.15, -0.1) is 0 Å². The van der Waals surface area contributed by atoms with Gasteiger partial charge in [0.25, 0.3) is 5.56 Å². The normalized spacial score (nSPS) is 11.1. The van der Waals surface area contributed by atoms with Crippen molar-refractivity contribution in [2.75, 3.05) is 27.2 Å². The van der Waals surface area contributed by atoms with Crippen LogP contribution in [-0.2, 0) is 0 Å². The number of rotatable bonds is 5. The summed E-state index contributed by atoms with van der Waals surface area (Å²) in [4.78, 5) is 21.7. The number of aromatic nitrogens is 2. The Kier molecular flexibility index (Phi) is 4.39. The lowest BCUT2D eigenvalue weighted by Crippen LogP contribution is -2.19. The van der Waals surface area contributed by atoms with Gasteiger partial charge in [0.2, 0.25) is 0 Å². The summed E-state index contributed by atoms with van der Waals surface area (Å²) in [5, 5.41) is 0.585. The molecule has 1 N–H and O–H groups in total. The van der Waals surface area contributed by atoms with Gasteiger partial charge in [0.1, 0.15) is 18.2 Å². The van der Waals surface area contributed by atoms with Crippen molar-refractivity contribution in [3.05, 3.63) is 58.9 Å². The van der Waals surface area contributed by atoms with Crippen molar-refractivity contribution < 1.29 is 4.74 Å². The van der Waals surface area contributed by atoms with E-state index in [1.807, 2.05) is 56.6 Å². The lowest BCUT2D eigenvalue weighted by molar-refractivity contribution is 0.262. The fourth-order valence-electron chi connectivity index (χ4n) is 2.34. The second kappa shape index (κ2) is 6.62. The number of benzene rings is 2. The van der Waals surface area contributed by atoms with E-state index < -0.39 is 0 Å². The van der Waals surface area contributed by atoms with Gasteiger partial charge in [-0.3, -0.25) is 4.79 Å². The molecular weight excluding hydrogens is 290 g/mol. The molecule has 0 aliphatic heterocycles. The first kappa shape index (κ1) is 15.2. The maximum absolute atomic E-state index is 12.2. The number of nitrogens with one attached hydrogen (secondary N) is 1. The monoisotopic (exact) mass is 309 g/mol. The summed E-state index contributed by atoms with van der Waals surface area (Å²) < 4.78 is 5.85. The van der Waals surface area contributed by atoms with Crippen molar-refractivity contribution in [1.82, 2.24) is 14.9 Å². The van der Waals surface area contributed by atoms with Crippen molar-refractivity contribution in [3.63, 3.8) is 0 Å². The first-order chi connectivity index (χ1) is 11.1. The maximum Gasteiger partial charge on any atom is 0.259 e. The molecule has 5 nitrogen and oxygen atoms in total. The quantitative estimate of drug-likeness (QED) is 0.787. The van der Waals surface area contributed by atoms with E-state index in [0.29, 0.717) is 29.1 Å². The predicted molar refractivity (Wildman–Crippen MR) is 91.8 cm³/mol. The standard InChI is InChI=1S/C18H19N3O2/c1-21(2)11-12-23-16-10-6-4-8-14(16)17-19-15-9-5-3-7-13(15)18(22)20-17/h3-10H,11-12H2,1-2H3,(H,19,20,22). The zero-order chi connectivity index (χ0) is 16.2. The van der Waals surface area contributed by atoms with E-state index >= 15 is 0 Å². The van der Waals surface area contributed by atoms with Crippen molar-refractivity contribution in [1.29, 1.82) is 0 Å². The number of likely N-dealkylation sites (N-methyl/N-ethyl adjacent to an activating group) is 1. The summed E-state index contributed by atoms with van der Waals surface area (Å²) in [5.41, 5.74) is 1.32. The number of H-pyrrole nitrogens is 1. The highest BCUT2D eigenvalue weighted by molar-refractivity contribution is 5.80. The topological polar surface area (TPSA) is 58.2 Å². The number of hydrogen-bond donors (Lipinski definition) is 1. The first-order valence-electron chi connectivity index (χ1n) is 7.51. The van der Waals surface area contributed by atoms with Gasteiger partial charge in [-0.25, -0.2) is 4.98 Å². The summed E-state index contributed by atoms with van der Waals surface area (Å²) in [6.45, 7) is 1.39. The molecule has 3 aromatic rings. The van der Waals surface area contributed by atoms with Crippen LogP contribution >= 0.6 is 0 Å². The van der Waals surface area contributed by atoms with Gasteiger partial charge in [-0.2, -0.15) is 0 Å². The number of aromatic amines is 1. The Balaban J connectivity index is 2.00. The summed E-state index contributed by atoms with van der Waals surface area (Å²) in [7, 11) is 4.00. The highest BCUT2D eigenvalue weighted by Crippen LogP contribution is 2.27. The second-order valence-electron chi connectivity index (χ2n) is 5.58. The number of para-hydroxylation sites is 2. The number of fused-ring (bicyclic) bond motifs is 1. The van der Waals surface area contributed by atoms with Crippen molar-refractivity contribution in [2.24, 2.45) is 0 Å². The summed E-state index contributed by atoms with van der Waals surface area (Å²) in [6, 6.07) is 14.9. The number of ether oxygens (including phenoxy) is 1. The van der Waals surface area contributed by atoms with Crippen LogP contribution in [0.5, 0.6) is 5.75 Å². The maximum atomic E-state index is 12.2. The molecule has 0 unspecified atom stereocenters. The predicted octanol–water partition coefficient (Wildman–Crippen LogP) is 2.53. The van der Waals surface area contributed by atoms with Crippen LogP contribution in [0.2, 0.25) is 0 Å². The molecule has 23 heavy (non-hydrogen) atoms. The Hall–Kier alpha value is -2.66. The van der Waals surface area contributed by atoms with Crippen LogP contribution in [0.25, 0.3) is 22.3 Å². The van der Waals surface area contributed by atoms with E-state index in [2.05, 4.69) is 14.9 Å². The van der Waals surface area contributed by atoms with E-state index in [4.69, 9.17) is 4.74 Å². The number of hydrogen-bond acceptors (Lipinski definition) is 4. The molecular formula is C18H19N3O2. The zero-order valence-corrected chi connectivity index (χ0v) is 13.2. The second-order valence-corrected chi connectivity index (χ2v) is 5.58. The summed E-state index contributed by atoms with van der Waals surface area (Å²) in [5.74, 6) is 1.24. The Labute approximate surface area is 134 Å². The molecule has 1 aromatic heterocycles. The molecule has 0 fully saturated rings. The van der Waals surface area contributed by atoms with Crippen molar-refractivity contribution in [3.8, 4) is 17.1 Å². The van der Waals surface area contributed by atoms with Crippen LogP contribution in [0.4, 0.5) is 0 Å². The van der Waals surface area contributed by atoms with E-state index in [1.165, 1.54) is 0 Å². The Morgan fingerprint density at radius 2 is 1.83 bits per heavy atom. The molecule has 5 heteroatoms. The van der Waals surface area contributed by atoms with Crippen LogP contribution in [0.15, 0.2) is 53.3 Å².